The van der Waals surface area contributed by atoms with Crippen LogP contribution in [0.3, 0.4) is 0 Å². The van der Waals surface area contributed by atoms with Crippen molar-refractivity contribution in [1.82, 2.24) is 0 Å². The molecule has 0 saturated heterocycles. The number of para-hydroxylation sites is 1. The van der Waals surface area contributed by atoms with E-state index in [0.717, 1.165) is 22.6 Å². The van der Waals surface area contributed by atoms with E-state index >= 15 is 0 Å². The number of hydrogen-bond donors (Lipinski definition) is 3. The predicted molar refractivity (Wildman–Crippen MR) is 98.1 cm³/mol. The van der Waals surface area contributed by atoms with Gasteiger partial charge in [-0.15, -0.1) is 0 Å². The third kappa shape index (κ3) is 3.58. The Labute approximate surface area is 141 Å². The average molecular weight is 323 g/mol. The summed E-state index contributed by atoms with van der Waals surface area (Å²) in [7, 11) is 1.69. The Morgan fingerprint density at radius 1 is 1.12 bits per heavy atom. The van der Waals surface area contributed by atoms with Crippen molar-refractivity contribution < 1.29 is 9.53 Å². The van der Waals surface area contributed by atoms with Gasteiger partial charge in [0.15, 0.2) is 0 Å². The summed E-state index contributed by atoms with van der Waals surface area (Å²) < 4.78 is 5.11. The van der Waals surface area contributed by atoms with Gasteiger partial charge < -0.3 is 20.7 Å². The SMILES string of the molecule is COCC(C)Nc1ccc(NC=C2C(=O)Nc3ccccc32)cc1. The molecule has 5 nitrogen and oxygen atoms in total. The maximum Gasteiger partial charge on any atom is 0.257 e. The number of anilines is 3. The predicted octanol–water partition coefficient (Wildman–Crippen LogP) is 3.54. The summed E-state index contributed by atoms with van der Waals surface area (Å²) in [6.45, 7) is 2.72. The lowest BCUT2D eigenvalue weighted by molar-refractivity contribution is -0.110. The van der Waals surface area contributed by atoms with Crippen LogP contribution in [0.1, 0.15) is 12.5 Å². The van der Waals surface area contributed by atoms with E-state index in [2.05, 4.69) is 22.9 Å². The summed E-state index contributed by atoms with van der Waals surface area (Å²) in [4.78, 5) is 12.0. The quantitative estimate of drug-likeness (QED) is 0.712. The number of methoxy groups -OCH3 is 1. The van der Waals surface area contributed by atoms with Crippen LogP contribution in [0.15, 0.2) is 54.7 Å². The average Bonchev–Trinajstić information content (AvgIpc) is 2.90. The van der Waals surface area contributed by atoms with E-state index in [9.17, 15) is 4.79 Å². The summed E-state index contributed by atoms with van der Waals surface area (Å²) in [5, 5.41) is 9.40. The van der Waals surface area contributed by atoms with E-state index < -0.39 is 0 Å². The number of hydrogen-bond acceptors (Lipinski definition) is 4. The van der Waals surface area contributed by atoms with Crippen molar-refractivity contribution in [2.75, 3.05) is 29.7 Å². The molecule has 1 heterocycles. The van der Waals surface area contributed by atoms with Crippen molar-refractivity contribution in [3.63, 3.8) is 0 Å². The van der Waals surface area contributed by atoms with Crippen LogP contribution in [0.2, 0.25) is 0 Å². The van der Waals surface area contributed by atoms with Crippen molar-refractivity contribution in [1.29, 1.82) is 0 Å². The molecule has 2 aromatic rings. The Hall–Kier alpha value is -2.79. The van der Waals surface area contributed by atoms with Crippen molar-refractivity contribution in [2.45, 2.75) is 13.0 Å². The molecule has 24 heavy (non-hydrogen) atoms. The number of nitrogens with one attached hydrogen (secondary N) is 3. The molecule has 3 rings (SSSR count). The molecule has 1 atom stereocenters. The normalized spacial score (nSPS) is 15.8. The number of amides is 1. The van der Waals surface area contributed by atoms with Crippen molar-refractivity contribution in [2.24, 2.45) is 0 Å². The van der Waals surface area contributed by atoms with Gasteiger partial charge in [0.2, 0.25) is 0 Å². The number of benzene rings is 2. The summed E-state index contributed by atoms with van der Waals surface area (Å²) in [5.41, 5.74) is 4.36. The first-order valence-electron chi connectivity index (χ1n) is 7.90. The molecule has 0 bridgehead atoms. The second kappa shape index (κ2) is 7.19. The number of ether oxygens (including phenoxy) is 1. The molecule has 1 amide bonds. The lowest BCUT2D eigenvalue weighted by atomic mass is 10.1. The van der Waals surface area contributed by atoms with Gasteiger partial charge in [-0.1, -0.05) is 18.2 Å². The second-order valence-corrected chi connectivity index (χ2v) is 5.78. The fraction of sp³-hybridized carbons (Fsp3) is 0.211. The topological polar surface area (TPSA) is 62.4 Å². The number of rotatable bonds is 6. The molecular weight excluding hydrogens is 302 g/mol. The van der Waals surface area contributed by atoms with E-state index in [1.54, 1.807) is 13.3 Å². The van der Waals surface area contributed by atoms with Crippen LogP contribution in [0.5, 0.6) is 0 Å². The number of carbonyl (C=O) groups is 1. The van der Waals surface area contributed by atoms with Crippen LogP contribution in [0, 0.1) is 0 Å². The van der Waals surface area contributed by atoms with Gasteiger partial charge in [-0.3, -0.25) is 4.79 Å². The fourth-order valence-corrected chi connectivity index (χ4v) is 2.68. The summed E-state index contributed by atoms with van der Waals surface area (Å²) in [6, 6.07) is 15.8. The largest absolute Gasteiger partial charge is 0.383 e. The number of carbonyl (C=O) groups excluding carboxylic acids is 1. The molecule has 124 valence electrons. The van der Waals surface area contributed by atoms with Crippen molar-refractivity contribution in [3.8, 4) is 0 Å². The van der Waals surface area contributed by atoms with Crippen LogP contribution < -0.4 is 16.0 Å². The van der Waals surface area contributed by atoms with Gasteiger partial charge in [-0.25, -0.2) is 0 Å². The first kappa shape index (κ1) is 16.1. The fourth-order valence-electron chi connectivity index (χ4n) is 2.68. The van der Waals surface area contributed by atoms with Crippen LogP contribution in [0.4, 0.5) is 17.1 Å². The third-order valence-corrected chi connectivity index (χ3v) is 3.81. The molecule has 0 spiro atoms. The lowest BCUT2D eigenvalue weighted by Gasteiger charge is -2.14. The zero-order valence-electron chi connectivity index (χ0n) is 13.8. The van der Waals surface area contributed by atoms with Gasteiger partial charge in [0.25, 0.3) is 5.91 Å². The van der Waals surface area contributed by atoms with E-state index in [1.165, 1.54) is 0 Å². The maximum absolute atomic E-state index is 12.0. The zero-order valence-corrected chi connectivity index (χ0v) is 13.8. The van der Waals surface area contributed by atoms with Gasteiger partial charge >= 0.3 is 0 Å². The Morgan fingerprint density at radius 3 is 2.58 bits per heavy atom. The van der Waals surface area contributed by atoms with Crippen LogP contribution in [0.25, 0.3) is 5.57 Å². The van der Waals surface area contributed by atoms with Gasteiger partial charge in [0.1, 0.15) is 0 Å². The minimum Gasteiger partial charge on any atom is -0.383 e. The van der Waals surface area contributed by atoms with Crippen LogP contribution in [-0.2, 0) is 9.53 Å². The molecule has 5 heteroatoms. The highest BCUT2D eigenvalue weighted by atomic mass is 16.5. The first-order chi connectivity index (χ1) is 11.7. The third-order valence-electron chi connectivity index (χ3n) is 3.81. The molecule has 0 radical (unpaired) electrons. The first-order valence-corrected chi connectivity index (χ1v) is 7.90. The highest BCUT2D eigenvalue weighted by Crippen LogP contribution is 2.31. The van der Waals surface area contributed by atoms with Crippen LogP contribution >= 0.6 is 0 Å². The zero-order chi connectivity index (χ0) is 16.9. The Kier molecular flexibility index (Phi) is 4.82. The van der Waals surface area contributed by atoms with E-state index in [-0.39, 0.29) is 11.9 Å². The molecule has 0 aliphatic carbocycles. The van der Waals surface area contributed by atoms with Gasteiger partial charge in [0, 0.05) is 42.0 Å². The van der Waals surface area contributed by atoms with E-state index in [4.69, 9.17) is 4.74 Å². The molecule has 3 N–H and O–H groups in total. The highest BCUT2D eigenvalue weighted by Gasteiger charge is 2.23. The van der Waals surface area contributed by atoms with E-state index in [0.29, 0.717) is 12.2 Å². The molecule has 0 saturated carbocycles. The lowest BCUT2D eigenvalue weighted by Crippen LogP contribution is -2.20. The van der Waals surface area contributed by atoms with Crippen molar-refractivity contribution in [3.05, 3.63) is 60.3 Å². The monoisotopic (exact) mass is 323 g/mol. The molecule has 1 aliphatic rings. The summed E-state index contributed by atoms with van der Waals surface area (Å²) in [6.07, 6.45) is 1.75. The Bertz CT molecular complexity index is 753. The molecule has 0 fully saturated rings. The van der Waals surface area contributed by atoms with Crippen LogP contribution in [-0.4, -0.2) is 25.7 Å². The molecule has 2 aromatic carbocycles. The van der Waals surface area contributed by atoms with Gasteiger partial charge in [-0.2, -0.15) is 0 Å². The standard InChI is InChI=1S/C19H21N3O2/c1-13(12-24-2)21-15-9-7-14(8-10-15)20-11-17-16-5-3-4-6-18(16)22-19(17)23/h3-11,13,20-21H,12H2,1-2H3,(H,22,23). The minimum absolute atomic E-state index is 0.0876. The second-order valence-electron chi connectivity index (χ2n) is 5.78. The molecule has 0 aromatic heterocycles. The summed E-state index contributed by atoms with van der Waals surface area (Å²) >= 11 is 0. The minimum atomic E-state index is -0.0876. The van der Waals surface area contributed by atoms with Crippen molar-refractivity contribution >= 4 is 28.5 Å². The van der Waals surface area contributed by atoms with Gasteiger partial charge in [-0.05, 0) is 37.3 Å². The summed E-state index contributed by atoms with van der Waals surface area (Å²) in [5.74, 6) is -0.0876. The smallest absolute Gasteiger partial charge is 0.257 e. The molecule has 1 aliphatic heterocycles. The molecule has 1 unspecified atom stereocenters. The molecular formula is C19H21N3O2. The maximum atomic E-state index is 12.0. The van der Waals surface area contributed by atoms with Gasteiger partial charge in [0.05, 0.1) is 12.2 Å². The van der Waals surface area contributed by atoms with E-state index in [1.807, 2.05) is 48.5 Å². The Balaban J connectivity index is 1.68. The number of fused-ring (bicyclic) bond motifs is 1. The Morgan fingerprint density at radius 2 is 1.83 bits per heavy atom. The highest BCUT2D eigenvalue weighted by molar-refractivity contribution is 6.31.